The third-order valence-corrected chi connectivity index (χ3v) is 2.63. The van der Waals surface area contributed by atoms with Gasteiger partial charge >= 0.3 is 0 Å². The van der Waals surface area contributed by atoms with Gasteiger partial charge in [0.15, 0.2) is 0 Å². The second-order valence-corrected chi connectivity index (χ2v) is 3.69. The molecule has 0 radical (unpaired) electrons. The molecule has 0 aromatic carbocycles. The highest BCUT2D eigenvalue weighted by Crippen LogP contribution is 2.24. The highest BCUT2D eigenvalue weighted by Gasteiger charge is 2.22. The van der Waals surface area contributed by atoms with Crippen LogP contribution < -0.4 is 4.90 Å². The molecule has 14 heavy (non-hydrogen) atoms. The van der Waals surface area contributed by atoms with Gasteiger partial charge in [-0.1, -0.05) is 6.92 Å². The number of aryl methyl sites for hydroxylation is 2. The van der Waals surface area contributed by atoms with Gasteiger partial charge in [0.25, 0.3) is 0 Å². The van der Waals surface area contributed by atoms with Gasteiger partial charge in [0, 0.05) is 26.2 Å². The zero-order chi connectivity index (χ0) is 10.1. The Hall–Kier alpha value is -1.32. The van der Waals surface area contributed by atoms with E-state index in [0.29, 0.717) is 0 Å². The van der Waals surface area contributed by atoms with Crippen molar-refractivity contribution in [2.75, 3.05) is 11.4 Å². The number of aromatic nitrogens is 2. The fourth-order valence-corrected chi connectivity index (χ4v) is 1.94. The van der Waals surface area contributed by atoms with E-state index < -0.39 is 0 Å². The van der Waals surface area contributed by atoms with Gasteiger partial charge < -0.3 is 4.90 Å². The van der Waals surface area contributed by atoms with E-state index in [1.165, 1.54) is 0 Å². The molecular formula is C10H16N4. The fraction of sp³-hybridized carbons (Fsp3) is 0.600. The Morgan fingerprint density at radius 1 is 1.57 bits per heavy atom. The van der Waals surface area contributed by atoms with Crippen molar-refractivity contribution in [3.05, 3.63) is 11.9 Å². The highest BCUT2D eigenvalue weighted by molar-refractivity contribution is 5.97. The van der Waals surface area contributed by atoms with Crippen molar-refractivity contribution >= 4 is 11.5 Å². The Morgan fingerprint density at radius 2 is 2.36 bits per heavy atom. The molecule has 0 unspecified atom stereocenters. The van der Waals surface area contributed by atoms with E-state index in [2.05, 4.69) is 16.9 Å². The first-order valence-electron chi connectivity index (χ1n) is 5.10. The van der Waals surface area contributed by atoms with Crippen LogP contribution in [0.4, 0.5) is 5.69 Å². The van der Waals surface area contributed by atoms with E-state index >= 15 is 0 Å². The Morgan fingerprint density at radius 3 is 2.93 bits per heavy atom. The molecule has 1 N–H and O–H groups in total. The first-order valence-corrected chi connectivity index (χ1v) is 5.10. The van der Waals surface area contributed by atoms with Crippen LogP contribution in [0, 0.1) is 5.41 Å². The van der Waals surface area contributed by atoms with Gasteiger partial charge in [-0.25, -0.2) is 0 Å². The summed E-state index contributed by atoms with van der Waals surface area (Å²) < 4.78 is 1.83. The number of anilines is 1. The molecule has 1 aliphatic rings. The van der Waals surface area contributed by atoms with Crippen LogP contribution >= 0.6 is 0 Å². The molecule has 0 saturated carbocycles. The number of rotatable bonds is 2. The molecule has 4 heteroatoms. The molecule has 0 aliphatic carbocycles. The van der Waals surface area contributed by atoms with Crippen LogP contribution in [-0.4, -0.2) is 22.2 Å². The summed E-state index contributed by atoms with van der Waals surface area (Å²) in [5.41, 5.74) is 2.22. The Bertz CT molecular complexity index is 353. The molecule has 1 aliphatic heterocycles. The van der Waals surface area contributed by atoms with E-state index in [0.717, 1.165) is 43.0 Å². The fourth-order valence-electron chi connectivity index (χ4n) is 1.94. The molecule has 0 spiro atoms. The summed E-state index contributed by atoms with van der Waals surface area (Å²) in [7, 11) is 1.93. The van der Waals surface area contributed by atoms with Crippen LogP contribution in [0.3, 0.4) is 0 Å². The zero-order valence-corrected chi connectivity index (χ0v) is 8.75. The molecule has 0 bridgehead atoms. The quantitative estimate of drug-likeness (QED) is 0.772. The van der Waals surface area contributed by atoms with Gasteiger partial charge in [-0.2, -0.15) is 5.10 Å². The van der Waals surface area contributed by atoms with Crippen molar-refractivity contribution in [1.82, 2.24) is 9.78 Å². The van der Waals surface area contributed by atoms with Crippen LogP contribution in [0.5, 0.6) is 0 Å². The Balaban J connectivity index is 2.34. The predicted molar refractivity (Wildman–Crippen MR) is 56.9 cm³/mol. The number of hydrogen-bond donors (Lipinski definition) is 1. The monoisotopic (exact) mass is 192 g/mol. The summed E-state index contributed by atoms with van der Waals surface area (Å²) in [6.07, 6.45) is 4.94. The Kier molecular flexibility index (Phi) is 2.27. The van der Waals surface area contributed by atoms with Crippen LogP contribution in [0.25, 0.3) is 0 Å². The number of nitrogens with zero attached hydrogens (tertiary/aromatic N) is 3. The van der Waals surface area contributed by atoms with Crippen molar-refractivity contribution in [3.63, 3.8) is 0 Å². The normalized spacial score (nSPS) is 16.7. The molecule has 4 nitrogen and oxygen atoms in total. The maximum Gasteiger partial charge on any atom is 0.100 e. The third-order valence-electron chi connectivity index (χ3n) is 2.63. The van der Waals surface area contributed by atoms with Gasteiger partial charge in [-0.3, -0.25) is 10.1 Å². The SMILES string of the molecule is CCc1nn(C)cc1N1CCCC1=N. The molecule has 1 fully saturated rings. The zero-order valence-electron chi connectivity index (χ0n) is 8.75. The summed E-state index contributed by atoms with van der Waals surface area (Å²) in [5.74, 6) is 0.729. The average molecular weight is 192 g/mol. The third kappa shape index (κ3) is 1.41. The minimum Gasteiger partial charge on any atom is -0.327 e. The second-order valence-electron chi connectivity index (χ2n) is 3.69. The molecule has 1 saturated heterocycles. The summed E-state index contributed by atoms with van der Waals surface area (Å²) >= 11 is 0. The van der Waals surface area contributed by atoms with E-state index in [4.69, 9.17) is 5.41 Å². The van der Waals surface area contributed by atoms with Gasteiger partial charge in [0.1, 0.15) is 5.84 Å². The number of nitrogens with one attached hydrogen (secondary N) is 1. The van der Waals surface area contributed by atoms with E-state index in [1.54, 1.807) is 0 Å². The largest absolute Gasteiger partial charge is 0.327 e. The minimum absolute atomic E-state index is 0.729. The summed E-state index contributed by atoms with van der Waals surface area (Å²) in [6.45, 7) is 3.07. The van der Waals surface area contributed by atoms with Gasteiger partial charge in [0.2, 0.25) is 0 Å². The summed E-state index contributed by atoms with van der Waals surface area (Å²) in [5, 5.41) is 12.2. The molecule has 2 heterocycles. The van der Waals surface area contributed by atoms with Crippen molar-refractivity contribution in [3.8, 4) is 0 Å². The topological polar surface area (TPSA) is 44.9 Å². The van der Waals surface area contributed by atoms with Crippen molar-refractivity contribution in [2.24, 2.45) is 7.05 Å². The van der Waals surface area contributed by atoms with Gasteiger partial charge in [0.05, 0.1) is 11.4 Å². The molecule has 0 amide bonds. The smallest absolute Gasteiger partial charge is 0.100 e. The lowest BCUT2D eigenvalue weighted by Gasteiger charge is -2.16. The number of hydrogen-bond acceptors (Lipinski definition) is 2. The number of amidine groups is 1. The standard InChI is InChI=1S/C10H16N4/c1-3-8-9(7-13(2)12-8)14-6-4-5-10(14)11/h7,11H,3-6H2,1-2H3. The van der Waals surface area contributed by atoms with Crippen LogP contribution in [-0.2, 0) is 13.5 Å². The van der Waals surface area contributed by atoms with Crippen molar-refractivity contribution < 1.29 is 0 Å². The van der Waals surface area contributed by atoms with Gasteiger partial charge in [-0.15, -0.1) is 0 Å². The van der Waals surface area contributed by atoms with E-state index in [1.807, 2.05) is 17.9 Å². The maximum atomic E-state index is 7.81. The minimum atomic E-state index is 0.729. The molecule has 2 rings (SSSR count). The molecule has 1 aromatic rings. The molecule has 0 atom stereocenters. The highest BCUT2D eigenvalue weighted by atomic mass is 15.3. The summed E-state index contributed by atoms with van der Waals surface area (Å²) in [4.78, 5) is 2.08. The molecular weight excluding hydrogens is 176 g/mol. The first-order chi connectivity index (χ1) is 6.72. The first kappa shape index (κ1) is 9.24. The van der Waals surface area contributed by atoms with Crippen LogP contribution in [0.2, 0.25) is 0 Å². The lowest BCUT2D eigenvalue weighted by molar-refractivity contribution is 0.746. The van der Waals surface area contributed by atoms with Crippen molar-refractivity contribution in [1.29, 1.82) is 5.41 Å². The van der Waals surface area contributed by atoms with Crippen LogP contribution in [0.1, 0.15) is 25.5 Å². The van der Waals surface area contributed by atoms with E-state index in [9.17, 15) is 0 Å². The van der Waals surface area contributed by atoms with Crippen LogP contribution in [0.15, 0.2) is 6.20 Å². The molecule has 1 aromatic heterocycles. The summed E-state index contributed by atoms with van der Waals surface area (Å²) in [6, 6.07) is 0. The molecule has 76 valence electrons. The van der Waals surface area contributed by atoms with Crippen molar-refractivity contribution in [2.45, 2.75) is 26.2 Å². The van der Waals surface area contributed by atoms with Gasteiger partial charge in [-0.05, 0) is 12.8 Å². The predicted octanol–water partition coefficient (Wildman–Crippen LogP) is 1.56. The lowest BCUT2D eigenvalue weighted by Crippen LogP contribution is -2.23. The second kappa shape index (κ2) is 3.44. The average Bonchev–Trinajstić information content (AvgIpc) is 2.71. The van der Waals surface area contributed by atoms with E-state index in [-0.39, 0.29) is 0 Å². The Labute approximate surface area is 84.0 Å². The lowest BCUT2D eigenvalue weighted by atomic mass is 10.3. The maximum absolute atomic E-state index is 7.81.